The number of ether oxygens (including phenoxy) is 1. The summed E-state index contributed by atoms with van der Waals surface area (Å²) in [5.41, 5.74) is 14.6. The maximum Gasteiger partial charge on any atom is 0.337 e. The summed E-state index contributed by atoms with van der Waals surface area (Å²) in [6.07, 6.45) is 5.53. The fraction of sp³-hybridized carbons (Fsp3) is 0.385. The molecule has 1 aromatic carbocycles. The van der Waals surface area contributed by atoms with E-state index in [1.165, 1.54) is 5.69 Å². The lowest BCUT2D eigenvalue weighted by atomic mass is 9.88. The second kappa shape index (κ2) is 8.01. The number of nitrogens with zero attached hydrogens (tertiary/aromatic N) is 2. The van der Waals surface area contributed by atoms with Crippen LogP contribution in [0.25, 0.3) is 22.5 Å². The fourth-order valence-corrected chi connectivity index (χ4v) is 5.22. The number of aryl methyl sites for hydroxylation is 1. The van der Waals surface area contributed by atoms with Crippen LogP contribution in [0.15, 0.2) is 36.5 Å². The van der Waals surface area contributed by atoms with Gasteiger partial charge in [-0.15, -0.1) is 0 Å². The minimum Gasteiger partial charge on any atom is -0.478 e. The summed E-state index contributed by atoms with van der Waals surface area (Å²) >= 11 is 0. The summed E-state index contributed by atoms with van der Waals surface area (Å²) in [4.78, 5) is 22.7. The van der Waals surface area contributed by atoms with Crippen LogP contribution in [0.4, 0.5) is 5.69 Å². The van der Waals surface area contributed by atoms with E-state index in [1.54, 1.807) is 0 Å². The zero-order valence-electron chi connectivity index (χ0n) is 18.5. The summed E-state index contributed by atoms with van der Waals surface area (Å²) in [6.45, 7) is 3.33. The summed E-state index contributed by atoms with van der Waals surface area (Å²) in [5.74, 6) is -0.518. The third-order valence-corrected chi connectivity index (χ3v) is 7.25. The highest BCUT2D eigenvalue weighted by atomic mass is 16.5. The molecule has 33 heavy (non-hydrogen) atoms. The van der Waals surface area contributed by atoms with Gasteiger partial charge in [0.05, 0.1) is 30.2 Å². The van der Waals surface area contributed by atoms with Crippen LogP contribution in [0.2, 0.25) is 0 Å². The third-order valence-electron chi connectivity index (χ3n) is 7.25. The Labute approximate surface area is 192 Å². The van der Waals surface area contributed by atoms with E-state index in [1.807, 2.05) is 6.20 Å². The van der Waals surface area contributed by atoms with Gasteiger partial charge in [0.25, 0.3) is 0 Å². The number of nitrogens with one attached hydrogen (secondary N) is 1. The molecule has 1 saturated carbocycles. The highest BCUT2D eigenvalue weighted by Crippen LogP contribution is 2.44. The number of fused-ring (bicyclic) bond motifs is 3. The standard InChI is InChI=1S/C26H28N4O3/c27-23(16-1-2-16)25-22(26(31)32)19-8-5-17-14-28-21(13-20(17)24(19)29-25)15-3-6-18(7-4-15)30-9-11-33-12-10-30/h3-4,6-7,13-14,16,23,29H,1-2,5,8-12,27H2,(H,31,32). The largest absolute Gasteiger partial charge is 0.478 e. The van der Waals surface area contributed by atoms with E-state index >= 15 is 0 Å². The molecule has 0 radical (unpaired) electrons. The second-order valence-electron chi connectivity index (χ2n) is 9.31. The Bertz CT molecular complexity index is 1210. The van der Waals surface area contributed by atoms with E-state index in [0.717, 1.165) is 79.2 Å². The highest BCUT2D eigenvalue weighted by Gasteiger charge is 2.36. The predicted molar refractivity (Wildman–Crippen MR) is 127 cm³/mol. The molecule has 3 aromatic rings. The fourth-order valence-electron chi connectivity index (χ4n) is 5.22. The summed E-state index contributed by atoms with van der Waals surface area (Å²) in [7, 11) is 0. The van der Waals surface area contributed by atoms with Crippen LogP contribution in [0, 0.1) is 5.92 Å². The number of carboxylic acids is 1. The van der Waals surface area contributed by atoms with Gasteiger partial charge in [0, 0.05) is 47.8 Å². The molecule has 0 spiro atoms. The molecule has 1 atom stereocenters. The van der Waals surface area contributed by atoms with Crippen LogP contribution >= 0.6 is 0 Å². The Balaban J connectivity index is 1.37. The third kappa shape index (κ3) is 3.61. The number of carbonyl (C=O) groups is 1. The zero-order chi connectivity index (χ0) is 22.5. The molecule has 1 saturated heterocycles. The first kappa shape index (κ1) is 20.4. The van der Waals surface area contributed by atoms with Crippen molar-refractivity contribution < 1.29 is 14.6 Å². The lowest BCUT2D eigenvalue weighted by molar-refractivity contribution is 0.0694. The molecule has 7 heteroatoms. The van der Waals surface area contributed by atoms with Crippen molar-refractivity contribution in [1.82, 2.24) is 9.97 Å². The molecule has 2 aromatic heterocycles. The van der Waals surface area contributed by atoms with E-state index in [9.17, 15) is 9.90 Å². The number of benzene rings is 1. The van der Waals surface area contributed by atoms with Gasteiger partial charge in [-0.3, -0.25) is 4.98 Å². The number of anilines is 1. The van der Waals surface area contributed by atoms with E-state index in [-0.39, 0.29) is 6.04 Å². The predicted octanol–water partition coefficient (Wildman–Crippen LogP) is 3.79. The number of hydrogen-bond donors (Lipinski definition) is 3. The second-order valence-corrected chi connectivity index (χ2v) is 9.31. The SMILES string of the molecule is NC(c1[nH]c2c(c1C(=O)O)CCc1cnc(-c3ccc(N4CCOCC4)cc3)cc1-2)C1CC1. The first-order valence-corrected chi connectivity index (χ1v) is 11.8. The first-order valence-electron chi connectivity index (χ1n) is 11.8. The number of aromatic carboxylic acids is 1. The number of rotatable bonds is 5. The Kier molecular flexibility index (Phi) is 4.96. The molecule has 2 fully saturated rings. The molecular formula is C26H28N4O3. The minimum atomic E-state index is -0.893. The highest BCUT2D eigenvalue weighted by molar-refractivity contribution is 5.95. The molecule has 0 bridgehead atoms. The Morgan fingerprint density at radius 3 is 2.64 bits per heavy atom. The number of aromatic nitrogens is 2. The van der Waals surface area contributed by atoms with Crippen LogP contribution in [0.3, 0.4) is 0 Å². The Morgan fingerprint density at radius 2 is 1.94 bits per heavy atom. The Hall–Kier alpha value is -3.16. The van der Waals surface area contributed by atoms with E-state index < -0.39 is 5.97 Å². The molecule has 0 amide bonds. The number of hydrogen-bond acceptors (Lipinski definition) is 5. The molecule has 4 N–H and O–H groups in total. The quantitative estimate of drug-likeness (QED) is 0.553. The molecule has 1 aliphatic heterocycles. The van der Waals surface area contributed by atoms with E-state index in [2.05, 4.69) is 40.2 Å². The van der Waals surface area contributed by atoms with Gasteiger partial charge >= 0.3 is 5.97 Å². The number of nitrogens with two attached hydrogens (primary N) is 1. The number of H-pyrrole nitrogens is 1. The average Bonchev–Trinajstić information content (AvgIpc) is 3.63. The monoisotopic (exact) mass is 444 g/mol. The molecule has 3 heterocycles. The number of morpholine rings is 1. The lowest BCUT2D eigenvalue weighted by Crippen LogP contribution is -2.36. The van der Waals surface area contributed by atoms with Crippen LogP contribution in [0.5, 0.6) is 0 Å². The average molecular weight is 445 g/mol. The van der Waals surface area contributed by atoms with Crippen molar-refractivity contribution in [2.24, 2.45) is 11.7 Å². The lowest BCUT2D eigenvalue weighted by Gasteiger charge is -2.28. The molecule has 2 aliphatic carbocycles. The van der Waals surface area contributed by atoms with Gasteiger partial charge in [-0.25, -0.2) is 4.79 Å². The van der Waals surface area contributed by atoms with Crippen molar-refractivity contribution in [3.8, 4) is 22.5 Å². The maximum atomic E-state index is 12.2. The maximum absolute atomic E-state index is 12.2. The van der Waals surface area contributed by atoms with Crippen molar-refractivity contribution >= 4 is 11.7 Å². The van der Waals surface area contributed by atoms with E-state index in [0.29, 0.717) is 23.6 Å². The van der Waals surface area contributed by atoms with Gasteiger partial charge in [0.2, 0.25) is 0 Å². The van der Waals surface area contributed by atoms with Crippen molar-refractivity contribution in [3.05, 3.63) is 58.9 Å². The molecule has 170 valence electrons. The molecular weight excluding hydrogens is 416 g/mol. The van der Waals surface area contributed by atoms with Crippen LogP contribution < -0.4 is 10.6 Å². The van der Waals surface area contributed by atoms with E-state index in [4.69, 9.17) is 15.5 Å². The number of carboxylic acid groups (broad SMARTS) is 1. The topological polar surface area (TPSA) is 104 Å². The van der Waals surface area contributed by atoms with Gasteiger partial charge in [0.1, 0.15) is 0 Å². The van der Waals surface area contributed by atoms with Crippen molar-refractivity contribution in [2.75, 3.05) is 31.2 Å². The normalized spacial score (nSPS) is 18.5. The van der Waals surface area contributed by atoms with Crippen molar-refractivity contribution in [2.45, 2.75) is 31.7 Å². The van der Waals surface area contributed by atoms with Crippen molar-refractivity contribution in [3.63, 3.8) is 0 Å². The van der Waals surface area contributed by atoms with Gasteiger partial charge in [-0.2, -0.15) is 0 Å². The molecule has 1 unspecified atom stereocenters. The summed E-state index contributed by atoms with van der Waals surface area (Å²) < 4.78 is 5.45. The van der Waals surface area contributed by atoms with Gasteiger partial charge in [0.15, 0.2) is 0 Å². The molecule has 6 rings (SSSR count). The minimum absolute atomic E-state index is 0.251. The van der Waals surface area contributed by atoms with Crippen LogP contribution in [-0.2, 0) is 17.6 Å². The smallest absolute Gasteiger partial charge is 0.337 e. The molecule has 7 nitrogen and oxygen atoms in total. The molecule has 3 aliphatic rings. The summed E-state index contributed by atoms with van der Waals surface area (Å²) in [6, 6.07) is 10.3. The first-order chi connectivity index (χ1) is 16.1. The van der Waals surface area contributed by atoms with Crippen LogP contribution in [0.1, 0.15) is 46.1 Å². The zero-order valence-corrected chi connectivity index (χ0v) is 18.5. The van der Waals surface area contributed by atoms with Gasteiger partial charge < -0.3 is 25.5 Å². The summed E-state index contributed by atoms with van der Waals surface area (Å²) in [5, 5.41) is 9.98. The Morgan fingerprint density at radius 1 is 1.18 bits per heavy atom. The number of pyridine rings is 1. The van der Waals surface area contributed by atoms with Gasteiger partial charge in [-0.1, -0.05) is 12.1 Å². The number of aromatic amines is 1. The van der Waals surface area contributed by atoms with Crippen molar-refractivity contribution in [1.29, 1.82) is 0 Å². The van der Waals surface area contributed by atoms with Gasteiger partial charge in [-0.05, 0) is 60.9 Å². The van der Waals surface area contributed by atoms with Crippen LogP contribution in [-0.4, -0.2) is 47.3 Å².